The molecule has 1 heterocycles. The predicted octanol–water partition coefficient (Wildman–Crippen LogP) is 2.79. The molecule has 74 valence electrons. The Labute approximate surface area is 79.9 Å². The largest absolute Gasteiger partial charge is 0.380 e. The number of anilines is 1. The van der Waals surface area contributed by atoms with Crippen LogP contribution >= 0.6 is 0 Å². The van der Waals surface area contributed by atoms with Crippen LogP contribution in [-0.2, 0) is 0 Å². The average molecular weight is 181 g/mol. The second kappa shape index (κ2) is 5.62. The number of unbranched alkanes of at least 4 members (excludes halogenated alkanes) is 2. The molecule has 0 aromatic carbocycles. The topological polar surface area (TPSA) is 40.7 Å². The molecule has 0 radical (unpaired) electrons. The van der Waals surface area contributed by atoms with Crippen LogP contribution < -0.4 is 5.32 Å². The number of nitrogens with zero attached hydrogens (tertiary/aromatic N) is 1. The highest BCUT2D eigenvalue weighted by Crippen LogP contribution is 2.09. The van der Waals surface area contributed by atoms with Crippen molar-refractivity contribution in [3.8, 4) is 0 Å². The zero-order valence-electron chi connectivity index (χ0n) is 8.51. The zero-order chi connectivity index (χ0) is 9.52. The Hall–Kier alpha value is -0.990. The van der Waals surface area contributed by atoms with Gasteiger partial charge >= 0.3 is 0 Å². The molecule has 3 nitrogen and oxygen atoms in total. The molecule has 2 N–H and O–H groups in total. The van der Waals surface area contributed by atoms with Crippen LogP contribution in [0.4, 0.5) is 5.69 Å². The van der Waals surface area contributed by atoms with Crippen LogP contribution in [0.15, 0.2) is 12.4 Å². The molecule has 1 atom stereocenters. The number of aromatic nitrogens is 2. The van der Waals surface area contributed by atoms with Gasteiger partial charge in [-0.25, -0.2) is 0 Å². The van der Waals surface area contributed by atoms with E-state index in [1.165, 1.54) is 25.7 Å². The minimum atomic E-state index is 0.546. The molecule has 0 aliphatic rings. The standard InChI is InChI=1S/C10H19N3/c1-3-4-5-6-9(2)13-10-7-11-12-8-10/h7-9,13H,3-6H2,1-2H3,(H,11,12). The monoisotopic (exact) mass is 181 g/mol. The van der Waals surface area contributed by atoms with E-state index in [0.717, 1.165) is 5.69 Å². The maximum absolute atomic E-state index is 3.88. The van der Waals surface area contributed by atoms with Crippen molar-refractivity contribution in [1.82, 2.24) is 10.2 Å². The summed E-state index contributed by atoms with van der Waals surface area (Å²) in [6, 6.07) is 0.546. The summed E-state index contributed by atoms with van der Waals surface area (Å²) in [6.07, 6.45) is 8.87. The summed E-state index contributed by atoms with van der Waals surface area (Å²) in [5.74, 6) is 0. The molecular weight excluding hydrogens is 162 g/mol. The smallest absolute Gasteiger partial charge is 0.0725 e. The molecule has 3 heteroatoms. The fourth-order valence-electron chi connectivity index (χ4n) is 1.39. The lowest BCUT2D eigenvalue weighted by Gasteiger charge is -2.12. The van der Waals surface area contributed by atoms with Gasteiger partial charge in [-0.2, -0.15) is 5.10 Å². The van der Waals surface area contributed by atoms with Gasteiger partial charge in [0.2, 0.25) is 0 Å². The molecule has 1 unspecified atom stereocenters. The van der Waals surface area contributed by atoms with E-state index in [2.05, 4.69) is 29.4 Å². The number of H-pyrrole nitrogens is 1. The molecule has 0 aliphatic carbocycles. The van der Waals surface area contributed by atoms with Gasteiger partial charge < -0.3 is 5.32 Å². The van der Waals surface area contributed by atoms with Crippen molar-refractivity contribution in [3.63, 3.8) is 0 Å². The van der Waals surface area contributed by atoms with E-state index in [4.69, 9.17) is 0 Å². The Kier molecular flexibility index (Phi) is 4.36. The molecule has 0 fully saturated rings. The quantitative estimate of drug-likeness (QED) is 0.662. The first-order valence-electron chi connectivity index (χ1n) is 5.08. The van der Waals surface area contributed by atoms with Crippen molar-refractivity contribution in [2.24, 2.45) is 0 Å². The van der Waals surface area contributed by atoms with Gasteiger partial charge in [0.1, 0.15) is 0 Å². The molecular formula is C10H19N3. The van der Waals surface area contributed by atoms with Crippen LogP contribution in [0.1, 0.15) is 39.5 Å². The zero-order valence-corrected chi connectivity index (χ0v) is 8.51. The second-order valence-electron chi connectivity index (χ2n) is 3.53. The predicted molar refractivity (Wildman–Crippen MR) is 55.8 cm³/mol. The van der Waals surface area contributed by atoms with Gasteiger partial charge in [0.05, 0.1) is 11.9 Å². The molecule has 1 rings (SSSR count). The Balaban J connectivity index is 2.14. The Morgan fingerprint density at radius 2 is 2.38 bits per heavy atom. The summed E-state index contributed by atoms with van der Waals surface area (Å²) in [5.41, 5.74) is 1.09. The van der Waals surface area contributed by atoms with E-state index in [0.29, 0.717) is 6.04 Å². The maximum Gasteiger partial charge on any atom is 0.0725 e. The Bertz CT molecular complexity index is 206. The molecule has 0 aliphatic heterocycles. The highest BCUT2D eigenvalue weighted by Gasteiger charge is 2.01. The van der Waals surface area contributed by atoms with E-state index in [1.54, 1.807) is 0 Å². The number of hydrogen-bond acceptors (Lipinski definition) is 2. The van der Waals surface area contributed by atoms with Gasteiger partial charge in [0.25, 0.3) is 0 Å². The third-order valence-corrected chi connectivity index (χ3v) is 2.15. The Morgan fingerprint density at radius 1 is 1.54 bits per heavy atom. The van der Waals surface area contributed by atoms with E-state index < -0.39 is 0 Å². The lowest BCUT2D eigenvalue weighted by atomic mass is 10.1. The van der Waals surface area contributed by atoms with E-state index in [1.807, 2.05) is 12.4 Å². The van der Waals surface area contributed by atoms with Crippen molar-refractivity contribution >= 4 is 5.69 Å². The summed E-state index contributed by atoms with van der Waals surface area (Å²) in [4.78, 5) is 0. The summed E-state index contributed by atoms with van der Waals surface area (Å²) >= 11 is 0. The summed E-state index contributed by atoms with van der Waals surface area (Å²) in [7, 11) is 0. The van der Waals surface area contributed by atoms with Gasteiger partial charge in [-0.05, 0) is 13.3 Å². The molecule has 0 saturated heterocycles. The number of rotatable bonds is 6. The van der Waals surface area contributed by atoms with Crippen LogP contribution in [0.5, 0.6) is 0 Å². The van der Waals surface area contributed by atoms with Crippen LogP contribution in [-0.4, -0.2) is 16.2 Å². The van der Waals surface area contributed by atoms with Gasteiger partial charge in [-0.1, -0.05) is 26.2 Å². The normalized spacial score (nSPS) is 12.8. The number of nitrogens with one attached hydrogen (secondary N) is 2. The van der Waals surface area contributed by atoms with Crippen LogP contribution in [0.25, 0.3) is 0 Å². The second-order valence-corrected chi connectivity index (χ2v) is 3.53. The third kappa shape index (κ3) is 3.97. The lowest BCUT2D eigenvalue weighted by Crippen LogP contribution is -2.14. The van der Waals surface area contributed by atoms with Crippen molar-refractivity contribution in [3.05, 3.63) is 12.4 Å². The van der Waals surface area contributed by atoms with Crippen molar-refractivity contribution in [1.29, 1.82) is 0 Å². The number of hydrogen-bond donors (Lipinski definition) is 2. The first-order valence-corrected chi connectivity index (χ1v) is 5.08. The van der Waals surface area contributed by atoms with Crippen molar-refractivity contribution < 1.29 is 0 Å². The fraction of sp³-hybridized carbons (Fsp3) is 0.700. The Morgan fingerprint density at radius 3 is 3.00 bits per heavy atom. The van der Waals surface area contributed by atoms with Gasteiger partial charge in [-0.3, -0.25) is 5.10 Å². The first-order chi connectivity index (χ1) is 6.33. The van der Waals surface area contributed by atoms with Crippen molar-refractivity contribution in [2.75, 3.05) is 5.32 Å². The van der Waals surface area contributed by atoms with Gasteiger partial charge in [0, 0.05) is 12.2 Å². The highest BCUT2D eigenvalue weighted by molar-refractivity contribution is 5.38. The molecule has 1 aromatic heterocycles. The third-order valence-electron chi connectivity index (χ3n) is 2.15. The SMILES string of the molecule is CCCCCC(C)Nc1cn[nH]c1. The summed E-state index contributed by atoms with van der Waals surface area (Å²) < 4.78 is 0. The molecule has 0 bridgehead atoms. The summed E-state index contributed by atoms with van der Waals surface area (Å²) in [6.45, 7) is 4.44. The van der Waals surface area contributed by atoms with Gasteiger partial charge in [-0.15, -0.1) is 0 Å². The fourth-order valence-corrected chi connectivity index (χ4v) is 1.39. The van der Waals surface area contributed by atoms with Gasteiger partial charge in [0.15, 0.2) is 0 Å². The lowest BCUT2D eigenvalue weighted by molar-refractivity contribution is 0.615. The first kappa shape index (κ1) is 10.1. The molecule has 1 aromatic rings. The number of aromatic amines is 1. The molecule has 0 amide bonds. The van der Waals surface area contributed by atoms with Crippen LogP contribution in [0.2, 0.25) is 0 Å². The van der Waals surface area contributed by atoms with E-state index >= 15 is 0 Å². The van der Waals surface area contributed by atoms with E-state index in [-0.39, 0.29) is 0 Å². The molecule has 13 heavy (non-hydrogen) atoms. The van der Waals surface area contributed by atoms with Crippen molar-refractivity contribution in [2.45, 2.75) is 45.6 Å². The molecule has 0 spiro atoms. The average Bonchev–Trinajstić information content (AvgIpc) is 2.57. The minimum absolute atomic E-state index is 0.546. The van der Waals surface area contributed by atoms with Crippen LogP contribution in [0.3, 0.4) is 0 Å². The highest BCUT2D eigenvalue weighted by atomic mass is 15.1. The maximum atomic E-state index is 3.88. The molecule has 0 saturated carbocycles. The van der Waals surface area contributed by atoms with Crippen LogP contribution in [0, 0.1) is 0 Å². The minimum Gasteiger partial charge on any atom is -0.380 e. The van der Waals surface area contributed by atoms with E-state index in [9.17, 15) is 0 Å². The summed E-state index contributed by atoms with van der Waals surface area (Å²) in [5, 5.41) is 10.1.